The van der Waals surface area contributed by atoms with Gasteiger partial charge in [0.05, 0.1) is 19.1 Å². The summed E-state index contributed by atoms with van der Waals surface area (Å²) < 4.78 is 58.1. The van der Waals surface area contributed by atoms with Crippen molar-refractivity contribution in [3.8, 4) is 0 Å². The van der Waals surface area contributed by atoms with Crippen LogP contribution in [-0.2, 0) is 18.3 Å². The third-order valence-electron chi connectivity index (χ3n) is 3.80. The van der Waals surface area contributed by atoms with Crippen LogP contribution < -0.4 is 11.4 Å². The summed E-state index contributed by atoms with van der Waals surface area (Å²) >= 11 is 5.90. The van der Waals surface area contributed by atoms with Gasteiger partial charge in [-0.1, -0.05) is 0 Å². The minimum Gasteiger partial charge on any atom is -0.383 e. The zero-order valence-corrected chi connectivity index (χ0v) is 16.5. The first-order valence-corrected chi connectivity index (χ1v) is 10.3. The van der Waals surface area contributed by atoms with Gasteiger partial charge in [0.1, 0.15) is 17.6 Å². The molecule has 0 aromatic carbocycles. The summed E-state index contributed by atoms with van der Waals surface area (Å²) in [5.41, 5.74) is 1.70. The number of ether oxygens (including phenoxy) is 1. The Bertz CT molecular complexity index is 798. The lowest BCUT2D eigenvalue weighted by Gasteiger charge is -2.25. The number of hydrogen-bond donors (Lipinski definition) is 1. The summed E-state index contributed by atoms with van der Waals surface area (Å²) in [4.78, 5) is 15.4. The first-order valence-electron chi connectivity index (χ1n) is 8.21. The molecule has 2 N–H and O–H groups in total. The van der Waals surface area contributed by atoms with Crippen LogP contribution in [0.1, 0.15) is 26.5 Å². The van der Waals surface area contributed by atoms with Gasteiger partial charge in [-0.15, -0.1) is 11.6 Å². The zero-order chi connectivity index (χ0) is 20.2. The molecule has 1 saturated heterocycles. The normalized spacial score (nSPS) is 26.5. The number of halogens is 3. The maximum atomic E-state index is 14.7. The molecular formula is C15H21ClF2N3O5P. The van der Waals surface area contributed by atoms with Crippen LogP contribution in [0.5, 0.6) is 0 Å². The van der Waals surface area contributed by atoms with Crippen LogP contribution in [0.2, 0.25) is 0 Å². The molecule has 3 atom stereocenters. The van der Waals surface area contributed by atoms with Crippen LogP contribution in [-0.4, -0.2) is 40.4 Å². The Balaban J connectivity index is 2.37. The van der Waals surface area contributed by atoms with Gasteiger partial charge in [-0.05, 0) is 26.0 Å². The predicted molar refractivity (Wildman–Crippen MR) is 96.0 cm³/mol. The fourth-order valence-electron chi connectivity index (χ4n) is 2.66. The minimum atomic E-state index is -4.21. The number of hydrogen-bond acceptors (Lipinski definition) is 7. The maximum Gasteiger partial charge on any atom is 0.389 e. The van der Waals surface area contributed by atoms with Crippen LogP contribution in [0, 0.1) is 0 Å². The quantitative estimate of drug-likeness (QED) is 0.501. The van der Waals surface area contributed by atoms with Gasteiger partial charge in [-0.2, -0.15) is 9.37 Å². The van der Waals surface area contributed by atoms with Crippen molar-refractivity contribution in [2.24, 2.45) is 0 Å². The van der Waals surface area contributed by atoms with Gasteiger partial charge < -0.3 is 19.5 Å². The molecule has 1 fully saturated rings. The Morgan fingerprint density at radius 1 is 1.56 bits per heavy atom. The molecule has 152 valence electrons. The van der Waals surface area contributed by atoms with Gasteiger partial charge in [0, 0.05) is 12.6 Å². The first-order chi connectivity index (χ1) is 12.7. The van der Waals surface area contributed by atoms with Crippen molar-refractivity contribution in [3.63, 3.8) is 0 Å². The molecule has 1 aliphatic heterocycles. The van der Waals surface area contributed by atoms with Crippen LogP contribution in [0.15, 0.2) is 28.7 Å². The molecule has 1 aromatic heterocycles. The van der Waals surface area contributed by atoms with Crippen LogP contribution in [0.25, 0.3) is 0 Å². The lowest BCUT2D eigenvalue weighted by molar-refractivity contribution is -0.0482. The van der Waals surface area contributed by atoms with Crippen molar-refractivity contribution in [2.45, 2.75) is 38.3 Å². The smallest absolute Gasteiger partial charge is 0.383 e. The van der Waals surface area contributed by atoms with Gasteiger partial charge >= 0.3 is 13.3 Å². The molecule has 0 spiro atoms. The molecular weight excluding hydrogens is 407 g/mol. The van der Waals surface area contributed by atoms with Crippen molar-refractivity contribution in [1.82, 2.24) is 9.55 Å². The van der Waals surface area contributed by atoms with E-state index in [2.05, 4.69) is 4.98 Å². The molecule has 1 aromatic rings. The van der Waals surface area contributed by atoms with E-state index in [0.29, 0.717) is 0 Å². The van der Waals surface area contributed by atoms with E-state index in [4.69, 9.17) is 31.1 Å². The van der Waals surface area contributed by atoms with Crippen molar-refractivity contribution in [2.75, 3.05) is 24.8 Å². The average Bonchev–Trinajstić information content (AvgIpc) is 2.92. The monoisotopic (exact) mass is 427 g/mol. The van der Waals surface area contributed by atoms with Gasteiger partial charge in [0.2, 0.25) is 5.57 Å². The number of anilines is 1. The van der Waals surface area contributed by atoms with Gasteiger partial charge in [0.15, 0.2) is 6.23 Å². The highest BCUT2D eigenvalue weighted by Gasteiger charge is 2.48. The van der Waals surface area contributed by atoms with E-state index in [-0.39, 0.29) is 31.3 Å². The third-order valence-corrected chi connectivity index (χ3v) is 6.10. The van der Waals surface area contributed by atoms with E-state index in [1.165, 1.54) is 26.1 Å². The third kappa shape index (κ3) is 4.75. The number of nitrogens with two attached hydrogens (primary N) is 1. The average molecular weight is 428 g/mol. The highest BCUT2D eigenvalue weighted by Crippen LogP contribution is 2.58. The van der Waals surface area contributed by atoms with E-state index in [9.17, 15) is 18.1 Å². The first kappa shape index (κ1) is 22.0. The van der Waals surface area contributed by atoms with E-state index >= 15 is 0 Å². The second-order valence-corrected chi connectivity index (χ2v) is 7.98. The Kier molecular flexibility index (Phi) is 7.15. The van der Waals surface area contributed by atoms with Crippen LogP contribution in [0.3, 0.4) is 0 Å². The fraction of sp³-hybridized carbons (Fsp3) is 0.600. The summed E-state index contributed by atoms with van der Waals surface area (Å²) in [6.07, 6.45) is -1.45. The van der Waals surface area contributed by atoms with E-state index in [0.717, 1.165) is 10.6 Å². The Labute approximate surface area is 159 Å². The summed E-state index contributed by atoms with van der Waals surface area (Å²) in [5.74, 6) is -0.388. The van der Waals surface area contributed by atoms with Gasteiger partial charge in [-0.3, -0.25) is 9.13 Å². The highest BCUT2D eigenvalue weighted by atomic mass is 35.5. The molecule has 8 nitrogen and oxygen atoms in total. The second-order valence-electron chi connectivity index (χ2n) is 5.77. The highest BCUT2D eigenvalue weighted by molar-refractivity contribution is 7.58. The fourth-order valence-corrected chi connectivity index (χ4v) is 4.30. The molecule has 2 heterocycles. The number of rotatable bonds is 8. The largest absolute Gasteiger partial charge is 0.389 e. The number of alkyl halides is 2. The SMILES string of the molecule is CCOP(=O)(OCC)C(F)=CC1(CCl)CC(F)C(n2ccc(N)nc2=O)O1. The summed E-state index contributed by atoms with van der Waals surface area (Å²) in [6.45, 7) is 2.93. The number of nitrogens with zero attached hydrogens (tertiary/aromatic N) is 2. The molecule has 27 heavy (non-hydrogen) atoms. The van der Waals surface area contributed by atoms with Crippen molar-refractivity contribution in [1.29, 1.82) is 0 Å². The van der Waals surface area contributed by atoms with Gasteiger partial charge in [0.25, 0.3) is 0 Å². The molecule has 12 heteroatoms. The summed E-state index contributed by atoms with van der Waals surface area (Å²) in [6, 6.07) is 1.30. The molecule has 0 aliphatic carbocycles. The zero-order valence-electron chi connectivity index (χ0n) is 14.8. The second kappa shape index (κ2) is 8.79. The summed E-state index contributed by atoms with van der Waals surface area (Å²) in [7, 11) is -4.21. The van der Waals surface area contributed by atoms with Crippen LogP contribution in [0.4, 0.5) is 14.6 Å². The molecule has 2 rings (SSSR count). The Morgan fingerprint density at radius 2 is 2.19 bits per heavy atom. The standard InChI is InChI=1S/C15H21ClF2N3O5P/c1-3-24-27(23,25-4-2)11(18)8-15(9-16)7-10(17)13(26-15)21-6-5-12(19)20-14(21)22/h5-6,8,10,13H,3-4,7,9H2,1-2H3,(H2,19,20,22). The predicted octanol–water partition coefficient (Wildman–Crippen LogP) is 3.14. The van der Waals surface area contributed by atoms with E-state index in [1.807, 2.05) is 0 Å². The minimum absolute atomic E-state index is 0.0337. The lowest BCUT2D eigenvalue weighted by atomic mass is 10.0. The maximum absolute atomic E-state index is 14.7. The molecule has 0 amide bonds. The van der Waals surface area contributed by atoms with Crippen molar-refractivity contribution in [3.05, 3.63) is 34.4 Å². The molecule has 0 bridgehead atoms. The van der Waals surface area contributed by atoms with E-state index < -0.39 is 36.9 Å². The van der Waals surface area contributed by atoms with Crippen molar-refractivity contribution >= 4 is 25.0 Å². The van der Waals surface area contributed by atoms with Gasteiger partial charge in [-0.25, -0.2) is 9.18 Å². The number of aromatic nitrogens is 2. The van der Waals surface area contributed by atoms with Crippen molar-refractivity contribution < 1.29 is 27.1 Å². The molecule has 1 aliphatic rings. The number of nitrogen functional groups attached to an aromatic ring is 1. The summed E-state index contributed by atoms with van der Waals surface area (Å²) in [5, 5.41) is 0. The van der Waals surface area contributed by atoms with E-state index in [1.54, 1.807) is 0 Å². The van der Waals surface area contributed by atoms with Crippen LogP contribution >= 0.6 is 19.2 Å². The Morgan fingerprint density at radius 3 is 2.70 bits per heavy atom. The molecule has 0 radical (unpaired) electrons. The molecule has 0 saturated carbocycles. The Hall–Kier alpha value is -1.32. The topological polar surface area (TPSA) is 106 Å². The lowest BCUT2D eigenvalue weighted by Crippen LogP contribution is -2.32. The molecule has 3 unspecified atom stereocenters.